The molecule has 0 aromatic rings. The molecule has 0 saturated carbocycles. The van der Waals surface area contributed by atoms with Gasteiger partial charge in [-0.3, -0.25) is 10.1 Å². The largest absolute Gasteiger partial charge is 0.384 e. The Morgan fingerprint density at radius 3 is 2.56 bits per heavy atom. The first kappa shape index (κ1) is 15.4. The lowest BCUT2D eigenvalue weighted by atomic mass is 9.99. The van der Waals surface area contributed by atoms with Gasteiger partial charge in [-0.05, 0) is 18.3 Å². The number of ether oxygens (including phenoxy) is 1. The molecule has 0 spiro atoms. The van der Waals surface area contributed by atoms with Crippen LogP contribution in [0.3, 0.4) is 0 Å². The van der Waals surface area contributed by atoms with Gasteiger partial charge in [0.2, 0.25) is 5.91 Å². The van der Waals surface area contributed by atoms with Gasteiger partial charge in [-0.15, -0.1) is 0 Å². The van der Waals surface area contributed by atoms with Gasteiger partial charge in [-0.25, -0.2) is 0 Å². The van der Waals surface area contributed by atoms with Gasteiger partial charge in [-0.2, -0.15) is 0 Å². The average molecular weight is 256 g/mol. The van der Waals surface area contributed by atoms with E-state index in [1.807, 2.05) is 4.90 Å². The fourth-order valence-corrected chi connectivity index (χ4v) is 2.57. The number of carbonyl (C=O) groups excluding carboxylic acids is 1. The summed E-state index contributed by atoms with van der Waals surface area (Å²) in [6, 6.07) is -0.00491. The summed E-state index contributed by atoms with van der Waals surface area (Å²) in [5, 5.41) is 3.47. The monoisotopic (exact) mass is 256 g/mol. The van der Waals surface area contributed by atoms with Crippen LogP contribution in [0, 0.1) is 11.8 Å². The quantitative estimate of drug-likeness (QED) is 0.756. The van der Waals surface area contributed by atoms with Crippen LogP contribution in [0.1, 0.15) is 40.5 Å². The number of methoxy groups -OCH3 is 1. The maximum atomic E-state index is 12.4. The van der Waals surface area contributed by atoms with Crippen LogP contribution in [0.2, 0.25) is 0 Å². The van der Waals surface area contributed by atoms with E-state index >= 15 is 0 Å². The predicted octanol–water partition coefficient (Wildman–Crippen LogP) is 1.85. The Hall–Kier alpha value is -0.610. The Balaban J connectivity index is 2.67. The number of hydrogen-bond donors (Lipinski definition) is 1. The van der Waals surface area contributed by atoms with Crippen LogP contribution in [0.5, 0.6) is 0 Å². The van der Waals surface area contributed by atoms with Crippen LogP contribution in [0.4, 0.5) is 0 Å². The van der Waals surface area contributed by atoms with Gasteiger partial charge in [0.05, 0.1) is 18.8 Å². The van der Waals surface area contributed by atoms with Gasteiger partial charge < -0.3 is 9.64 Å². The molecule has 1 fully saturated rings. The van der Waals surface area contributed by atoms with E-state index in [4.69, 9.17) is 4.74 Å². The summed E-state index contributed by atoms with van der Waals surface area (Å²) in [5.41, 5.74) is 0. The van der Waals surface area contributed by atoms with Crippen molar-refractivity contribution in [3.63, 3.8) is 0 Å². The number of rotatable bonds is 7. The fourth-order valence-electron chi connectivity index (χ4n) is 2.57. The molecular formula is C14H28N2O2. The normalized spacial score (nSPS) is 27.6. The number of nitrogens with zero attached hydrogens (tertiary/aromatic N) is 1. The van der Waals surface area contributed by atoms with Crippen molar-refractivity contribution in [2.45, 2.75) is 52.7 Å². The summed E-state index contributed by atoms with van der Waals surface area (Å²) < 4.78 is 5.16. The third-order valence-electron chi connectivity index (χ3n) is 3.86. The first-order valence-corrected chi connectivity index (χ1v) is 7.10. The van der Waals surface area contributed by atoms with Crippen LogP contribution >= 0.6 is 0 Å². The topological polar surface area (TPSA) is 41.6 Å². The maximum Gasteiger partial charge on any atom is 0.241 e. The zero-order valence-corrected chi connectivity index (χ0v) is 12.4. The standard InChI is InChI=1S/C14H28N2O2/c1-6-11(4)13-14(17)16(12(7-2)15-13)8-10(3)9-18-5/h10-13,15H,6-9H2,1-5H3. The molecule has 1 aliphatic heterocycles. The summed E-state index contributed by atoms with van der Waals surface area (Å²) in [6.45, 7) is 10.0. The molecule has 4 atom stereocenters. The highest BCUT2D eigenvalue weighted by molar-refractivity contribution is 5.84. The molecule has 4 nitrogen and oxygen atoms in total. The highest BCUT2D eigenvalue weighted by Gasteiger charge is 2.40. The minimum atomic E-state index is -0.00491. The van der Waals surface area contributed by atoms with Crippen molar-refractivity contribution in [3.05, 3.63) is 0 Å². The Morgan fingerprint density at radius 1 is 1.39 bits per heavy atom. The molecule has 1 saturated heterocycles. The van der Waals surface area contributed by atoms with Crippen molar-refractivity contribution in [3.8, 4) is 0 Å². The molecular weight excluding hydrogens is 228 g/mol. The third-order valence-corrected chi connectivity index (χ3v) is 3.86. The molecule has 4 unspecified atom stereocenters. The maximum absolute atomic E-state index is 12.4. The van der Waals surface area contributed by atoms with Crippen LogP contribution in [0.25, 0.3) is 0 Å². The summed E-state index contributed by atoms with van der Waals surface area (Å²) in [6.07, 6.45) is 2.18. The van der Waals surface area contributed by atoms with E-state index in [1.54, 1.807) is 7.11 Å². The molecule has 0 aliphatic carbocycles. The molecule has 1 aliphatic rings. The van der Waals surface area contributed by atoms with Crippen LogP contribution in [-0.2, 0) is 9.53 Å². The molecule has 0 aromatic carbocycles. The Kier molecular flexibility index (Phi) is 6.09. The lowest BCUT2D eigenvalue weighted by Crippen LogP contribution is -2.40. The second kappa shape index (κ2) is 7.10. The molecule has 0 bridgehead atoms. The van der Waals surface area contributed by atoms with Gasteiger partial charge in [0.1, 0.15) is 0 Å². The highest BCUT2D eigenvalue weighted by Crippen LogP contribution is 2.21. The summed E-state index contributed by atoms with van der Waals surface area (Å²) in [7, 11) is 1.71. The molecule has 1 amide bonds. The minimum absolute atomic E-state index is 0.00491. The number of hydrogen-bond acceptors (Lipinski definition) is 3. The molecule has 18 heavy (non-hydrogen) atoms. The van der Waals surface area contributed by atoms with Gasteiger partial charge in [0, 0.05) is 13.7 Å². The second-order valence-electron chi connectivity index (χ2n) is 5.51. The molecule has 106 valence electrons. The second-order valence-corrected chi connectivity index (χ2v) is 5.51. The fraction of sp³-hybridized carbons (Fsp3) is 0.929. The predicted molar refractivity (Wildman–Crippen MR) is 73.2 cm³/mol. The smallest absolute Gasteiger partial charge is 0.241 e. The van der Waals surface area contributed by atoms with Crippen LogP contribution in [0.15, 0.2) is 0 Å². The molecule has 4 heteroatoms. The van der Waals surface area contributed by atoms with Crippen molar-refractivity contribution < 1.29 is 9.53 Å². The number of amides is 1. The van der Waals surface area contributed by atoms with Crippen molar-refractivity contribution in [1.29, 1.82) is 0 Å². The summed E-state index contributed by atoms with van der Waals surface area (Å²) in [4.78, 5) is 14.4. The van der Waals surface area contributed by atoms with Gasteiger partial charge in [-0.1, -0.05) is 34.1 Å². The first-order valence-electron chi connectivity index (χ1n) is 7.10. The highest BCUT2D eigenvalue weighted by atomic mass is 16.5. The lowest BCUT2D eigenvalue weighted by molar-refractivity contribution is -0.131. The SMILES string of the molecule is CCC(C)C1NC(CC)N(CC(C)COC)C1=O. The Morgan fingerprint density at radius 2 is 2.06 bits per heavy atom. The molecule has 1 rings (SSSR count). The summed E-state index contributed by atoms with van der Waals surface area (Å²) in [5.74, 6) is 1.04. The van der Waals surface area contributed by atoms with E-state index in [1.165, 1.54) is 0 Å². The summed E-state index contributed by atoms with van der Waals surface area (Å²) >= 11 is 0. The van der Waals surface area contributed by atoms with Gasteiger partial charge in [0.25, 0.3) is 0 Å². The van der Waals surface area contributed by atoms with Crippen LogP contribution < -0.4 is 5.32 Å². The van der Waals surface area contributed by atoms with E-state index in [-0.39, 0.29) is 18.1 Å². The van der Waals surface area contributed by atoms with E-state index in [2.05, 4.69) is 33.0 Å². The molecule has 1 heterocycles. The van der Waals surface area contributed by atoms with Crippen molar-refractivity contribution in [2.24, 2.45) is 11.8 Å². The van der Waals surface area contributed by atoms with E-state index in [9.17, 15) is 4.79 Å². The zero-order valence-electron chi connectivity index (χ0n) is 12.4. The minimum Gasteiger partial charge on any atom is -0.384 e. The third kappa shape index (κ3) is 3.45. The van der Waals surface area contributed by atoms with Gasteiger partial charge >= 0.3 is 0 Å². The zero-order chi connectivity index (χ0) is 13.7. The van der Waals surface area contributed by atoms with E-state index in [0.29, 0.717) is 18.4 Å². The molecule has 1 N–H and O–H groups in total. The lowest BCUT2D eigenvalue weighted by Gasteiger charge is -2.26. The first-order chi connectivity index (χ1) is 8.54. The van der Waals surface area contributed by atoms with Crippen molar-refractivity contribution >= 4 is 5.91 Å². The Bertz CT molecular complexity index is 271. The molecule has 0 radical (unpaired) electrons. The van der Waals surface area contributed by atoms with Crippen LogP contribution in [-0.4, -0.2) is 43.3 Å². The number of nitrogens with one attached hydrogen (secondary N) is 1. The number of carbonyl (C=O) groups is 1. The van der Waals surface area contributed by atoms with Gasteiger partial charge in [0.15, 0.2) is 0 Å². The van der Waals surface area contributed by atoms with Crippen molar-refractivity contribution in [1.82, 2.24) is 10.2 Å². The van der Waals surface area contributed by atoms with E-state index < -0.39 is 0 Å². The Labute approximate surface area is 111 Å². The average Bonchev–Trinajstić information content (AvgIpc) is 2.66. The molecule has 0 aromatic heterocycles. The van der Waals surface area contributed by atoms with Crippen molar-refractivity contribution in [2.75, 3.05) is 20.3 Å². The van der Waals surface area contributed by atoms with E-state index in [0.717, 1.165) is 19.4 Å².